The Labute approximate surface area is 155 Å². The van der Waals surface area contributed by atoms with Gasteiger partial charge in [0.2, 0.25) is 5.43 Å². The van der Waals surface area contributed by atoms with Crippen LogP contribution in [0.25, 0.3) is 22.1 Å². The Morgan fingerprint density at radius 1 is 1.19 bits per heavy atom. The lowest BCUT2D eigenvalue weighted by molar-refractivity contribution is 0.0838. The molecule has 5 nitrogen and oxygen atoms in total. The van der Waals surface area contributed by atoms with Gasteiger partial charge in [0, 0.05) is 32.4 Å². The van der Waals surface area contributed by atoms with Crippen LogP contribution in [0.3, 0.4) is 0 Å². The van der Waals surface area contributed by atoms with Crippen molar-refractivity contribution in [3.63, 3.8) is 0 Å². The minimum Gasteiger partial charge on any atom is -0.478 e. The third-order valence-corrected chi connectivity index (χ3v) is 4.77. The molecule has 2 aromatic carbocycles. The Hall–Kier alpha value is -2.70. The van der Waals surface area contributed by atoms with Gasteiger partial charge in [-0.25, -0.2) is 4.39 Å². The molecule has 1 aliphatic heterocycles. The molecular weight excluding hydrogens is 349 g/mol. The van der Waals surface area contributed by atoms with E-state index in [9.17, 15) is 9.18 Å². The highest BCUT2D eigenvalue weighted by molar-refractivity contribution is 5.85. The summed E-state index contributed by atoms with van der Waals surface area (Å²) in [4.78, 5) is 15.1. The van der Waals surface area contributed by atoms with Gasteiger partial charge in [0.15, 0.2) is 0 Å². The van der Waals surface area contributed by atoms with Gasteiger partial charge in [-0.15, -0.1) is 0 Å². The van der Waals surface area contributed by atoms with E-state index in [1.165, 1.54) is 12.3 Å². The largest absolute Gasteiger partial charge is 0.478 e. The summed E-state index contributed by atoms with van der Waals surface area (Å²) in [5.74, 6) is 0.266. The molecule has 1 aliphatic rings. The topological polar surface area (TPSA) is 51.9 Å². The van der Waals surface area contributed by atoms with Crippen molar-refractivity contribution in [3.8, 4) is 16.9 Å². The Morgan fingerprint density at radius 3 is 2.85 bits per heavy atom. The van der Waals surface area contributed by atoms with Crippen molar-refractivity contribution >= 4 is 11.0 Å². The van der Waals surface area contributed by atoms with Crippen LogP contribution < -0.4 is 10.2 Å². The summed E-state index contributed by atoms with van der Waals surface area (Å²) in [6, 6.07) is 9.66. The zero-order valence-corrected chi connectivity index (χ0v) is 15.0. The predicted octanol–water partition coefficient (Wildman–Crippen LogP) is 3.79. The summed E-state index contributed by atoms with van der Waals surface area (Å²) in [6.45, 7) is 2.61. The van der Waals surface area contributed by atoms with Gasteiger partial charge in [0.25, 0.3) is 0 Å². The van der Waals surface area contributed by atoms with Gasteiger partial charge in [0.05, 0.1) is 16.5 Å². The Balaban J connectivity index is 1.74. The zero-order valence-electron chi connectivity index (χ0n) is 15.0. The molecule has 2 heterocycles. The van der Waals surface area contributed by atoms with Crippen LogP contribution in [-0.2, 0) is 11.3 Å². The van der Waals surface area contributed by atoms with Crippen molar-refractivity contribution in [2.45, 2.75) is 13.0 Å². The number of rotatable bonds is 5. The lowest BCUT2D eigenvalue weighted by Gasteiger charge is -2.29. The molecule has 0 amide bonds. The number of hydrogen-bond acceptors (Lipinski definition) is 5. The molecule has 3 aromatic rings. The number of fused-ring (bicyclic) bond motifs is 3. The molecular formula is C21H20FNO4. The summed E-state index contributed by atoms with van der Waals surface area (Å²) in [7, 11) is 1.68. The van der Waals surface area contributed by atoms with E-state index in [-0.39, 0.29) is 16.6 Å². The molecule has 1 aromatic heterocycles. The first-order chi connectivity index (χ1) is 13.2. The lowest BCUT2D eigenvalue weighted by atomic mass is 10.0. The number of hydrogen-bond donors (Lipinski definition) is 0. The Kier molecular flexibility index (Phi) is 4.92. The molecule has 0 unspecified atom stereocenters. The molecule has 0 saturated heterocycles. The maximum Gasteiger partial charge on any atom is 0.200 e. The molecule has 140 valence electrons. The summed E-state index contributed by atoms with van der Waals surface area (Å²) in [5.41, 5.74) is 1.54. The highest BCUT2D eigenvalue weighted by atomic mass is 19.1. The second kappa shape index (κ2) is 7.50. The first-order valence-electron chi connectivity index (χ1n) is 8.85. The monoisotopic (exact) mass is 369 g/mol. The standard InChI is InChI=1S/C21H20FNO4/c1-25-10-4-9-23-11-16-19(27-13-23)8-7-15-20(24)17(12-26-21(15)16)14-5-2-3-6-18(14)22/h2-3,5-8,12H,4,9-11,13H2,1H3. The second-order valence-electron chi connectivity index (χ2n) is 6.55. The zero-order chi connectivity index (χ0) is 18.8. The fourth-order valence-electron chi connectivity index (χ4n) is 3.40. The van der Waals surface area contributed by atoms with Crippen molar-refractivity contribution in [2.24, 2.45) is 0 Å². The molecule has 0 aliphatic carbocycles. The Bertz CT molecular complexity index is 1030. The van der Waals surface area contributed by atoms with Gasteiger partial charge in [-0.05, 0) is 24.6 Å². The third kappa shape index (κ3) is 3.34. The van der Waals surface area contributed by atoms with Crippen LogP contribution in [0.15, 0.2) is 51.9 Å². The molecule has 0 atom stereocenters. The van der Waals surface area contributed by atoms with Crippen LogP contribution in [0, 0.1) is 5.82 Å². The summed E-state index contributed by atoms with van der Waals surface area (Å²) in [6.07, 6.45) is 2.23. The van der Waals surface area contributed by atoms with Crippen LogP contribution in [0.2, 0.25) is 0 Å². The second-order valence-corrected chi connectivity index (χ2v) is 6.55. The molecule has 6 heteroatoms. The van der Waals surface area contributed by atoms with Gasteiger partial charge >= 0.3 is 0 Å². The smallest absolute Gasteiger partial charge is 0.200 e. The van der Waals surface area contributed by atoms with E-state index in [0.717, 1.165) is 18.5 Å². The number of ether oxygens (including phenoxy) is 2. The molecule has 0 saturated carbocycles. The van der Waals surface area contributed by atoms with Crippen LogP contribution in [0.4, 0.5) is 4.39 Å². The number of benzene rings is 2. The van der Waals surface area contributed by atoms with E-state index in [4.69, 9.17) is 13.9 Å². The van der Waals surface area contributed by atoms with E-state index in [0.29, 0.717) is 36.6 Å². The number of methoxy groups -OCH3 is 1. The first kappa shape index (κ1) is 17.7. The normalized spacial score (nSPS) is 14.1. The van der Waals surface area contributed by atoms with E-state index < -0.39 is 5.82 Å². The average Bonchev–Trinajstić information content (AvgIpc) is 2.69. The van der Waals surface area contributed by atoms with E-state index >= 15 is 0 Å². The summed E-state index contributed by atoms with van der Waals surface area (Å²) in [5, 5.41) is 0.428. The number of nitrogens with zero attached hydrogens (tertiary/aromatic N) is 1. The van der Waals surface area contributed by atoms with Crippen molar-refractivity contribution in [3.05, 3.63) is 64.3 Å². The van der Waals surface area contributed by atoms with Gasteiger partial charge in [-0.2, -0.15) is 0 Å². The fraction of sp³-hybridized carbons (Fsp3) is 0.286. The van der Waals surface area contributed by atoms with Crippen LogP contribution in [-0.4, -0.2) is 31.9 Å². The van der Waals surface area contributed by atoms with Crippen LogP contribution in [0.1, 0.15) is 12.0 Å². The lowest BCUT2D eigenvalue weighted by Crippen LogP contribution is -2.33. The van der Waals surface area contributed by atoms with E-state index in [1.807, 2.05) is 0 Å². The average molecular weight is 369 g/mol. The summed E-state index contributed by atoms with van der Waals surface area (Å²) >= 11 is 0. The Morgan fingerprint density at radius 2 is 2.04 bits per heavy atom. The molecule has 0 radical (unpaired) electrons. The maximum atomic E-state index is 14.1. The van der Waals surface area contributed by atoms with Gasteiger partial charge < -0.3 is 13.9 Å². The molecule has 0 bridgehead atoms. The predicted molar refractivity (Wildman–Crippen MR) is 100 cm³/mol. The molecule has 0 spiro atoms. The van der Waals surface area contributed by atoms with Gasteiger partial charge in [0.1, 0.15) is 30.1 Å². The van der Waals surface area contributed by atoms with Gasteiger partial charge in [-0.3, -0.25) is 9.69 Å². The van der Waals surface area contributed by atoms with Crippen LogP contribution in [0.5, 0.6) is 5.75 Å². The SMILES string of the molecule is COCCCN1COc2ccc3c(=O)c(-c4ccccc4F)coc3c2C1. The minimum atomic E-state index is -0.449. The highest BCUT2D eigenvalue weighted by Gasteiger charge is 2.23. The van der Waals surface area contributed by atoms with E-state index in [1.54, 1.807) is 37.4 Å². The van der Waals surface area contributed by atoms with Gasteiger partial charge in [-0.1, -0.05) is 18.2 Å². The molecule has 0 fully saturated rings. The maximum absolute atomic E-state index is 14.1. The first-order valence-corrected chi connectivity index (χ1v) is 8.85. The molecule has 27 heavy (non-hydrogen) atoms. The minimum absolute atomic E-state index is 0.217. The quantitative estimate of drug-likeness (QED) is 0.641. The van der Waals surface area contributed by atoms with Crippen molar-refractivity contribution < 1.29 is 18.3 Å². The number of halogens is 1. The molecule has 4 rings (SSSR count). The van der Waals surface area contributed by atoms with Crippen molar-refractivity contribution in [1.29, 1.82) is 0 Å². The fourth-order valence-corrected chi connectivity index (χ4v) is 3.40. The highest BCUT2D eigenvalue weighted by Crippen LogP contribution is 2.32. The van der Waals surface area contributed by atoms with Crippen molar-refractivity contribution in [2.75, 3.05) is 27.0 Å². The van der Waals surface area contributed by atoms with Crippen molar-refractivity contribution in [1.82, 2.24) is 4.90 Å². The summed E-state index contributed by atoms with van der Waals surface area (Å²) < 4.78 is 30.8. The van der Waals surface area contributed by atoms with Crippen LogP contribution >= 0.6 is 0 Å². The molecule has 0 N–H and O–H groups in total. The van der Waals surface area contributed by atoms with E-state index in [2.05, 4.69) is 4.90 Å². The third-order valence-electron chi connectivity index (χ3n) is 4.77.